The summed E-state index contributed by atoms with van der Waals surface area (Å²) in [5.74, 6) is -4.77. The van der Waals surface area contributed by atoms with Gasteiger partial charge in [0, 0.05) is 0 Å². The number of phenols is 1. The molecule has 0 aliphatic heterocycles. The minimum absolute atomic E-state index is 0.0528. The molecule has 12 nitrogen and oxygen atoms in total. The quantitative estimate of drug-likeness (QED) is 0.187. The molecule has 176 valence electrons. The van der Waals surface area contributed by atoms with Gasteiger partial charge in [-0.2, -0.15) is 0 Å². The van der Waals surface area contributed by atoms with E-state index in [1.54, 1.807) is 26.0 Å². The average Bonchev–Trinajstić information content (AvgIpc) is 2.70. The van der Waals surface area contributed by atoms with Gasteiger partial charge in [-0.3, -0.25) is 19.2 Å². The number of rotatable bonds is 12. The van der Waals surface area contributed by atoms with E-state index in [0.29, 0.717) is 5.56 Å². The zero-order chi connectivity index (χ0) is 24.4. The Kier molecular flexibility index (Phi) is 10.1. The van der Waals surface area contributed by atoms with Crippen LogP contribution in [0.5, 0.6) is 5.75 Å². The standard InChI is InChI=1S/C20H29N5O7/c1-10(2)17(20(31)32)25-16(28)9-23-19(30)14(8-15(22)27)24-18(29)13(21)7-11-3-5-12(26)6-4-11/h3-6,10,13-14,17,26H,7-9,21H2,1-2H3,(H2,22,27)(H,23,30)(H,24,29)(H,25,28)(H,31,32). The second-order valence-electron chi connectivity index (χ2n) is 7.55. The molecule has 9 N–H and O–H groups in total. The highest BCUT2D eigenvalue weighted by Gasteiger charge is 2.27. The van der Waals surface area contributed by atoms with Gasteiger partial charge >= 0.3 is 5.97 Å². The minimum Gasteiger partial charge on any atom is -0.508 e. The Morgan fingerprint density at radius 2 is 1.59 bits per heavy atom. The Morgan fingerprint density at radius 3 is 2.09 bits per heavy atom. The fourth-order valence-electron chi connectivity index (χ4n) is 2.70. The van der Waals surface area contributed by atoms with Gasteiger partial charge in [-0.15, -0.1) is 0 Å². The zero-order valence-corrected chi connectivity index (χ0v) is 17.8. The Balaban J connectivity index is 2.69. The molecular formula is C20H29N5O7. The third kappa shape index (κ3) is 9.00. The summed E-state index contributed by atoms with van der Waals surface area (Å²) in [5.41, 5.74) is 11.7. The number of carbonyl (C=O) groups is 5. The number of aliphatic carboxylic acids is 1. The van der Waals surface area contributed by atoms with Crippen LogP contribution in [0.3, 0.4) is 0 Å². The number of primary amides is 1. The van der Waals surface area contributed by atoms with Crippen molar-refractivity contribution in [3.8, 4) is 5.75 Å². The summed E-state index contributed by atoms with van der Waals surface area (Å²) in [6.45, 7) is 2.65. The zero-order valence-electron chi connectivity index (χ0n) is 17.8. The first-order valence-electron chi connectivity index (χ1n) is 9.82. The van der Waals surface area contributed by atoms with Crippen LogP contribution in [0, 0.1) is 5.92 Å². The van der Waals surface area contributed by atoms with E-state index < -0.39 is 60.7 Å². The van der Waals surface area contributed by atoms with Crippen molar-refractivity contribution in [3.63, 3.8) is 0 Å². The summed E-state index contributed by atoms with van der Waals surface area (Å²) in [4.78, 5) is 59.2. The first-order valence-corrected chi connectivity index (χ1v) is 9.82. The average molecular weight is 451 g/mol. The number of phenolic OH excluding ortho intramolecular Hbond substituents is 1. The van der Waals surface area contributed by atoms with Crippen LogP contribution < -0.4 is 27.4 Å². The second-order valence-corrected chi connectivity index (χ2v) is 7.55. The molecular weight excluding hydrogens is 422 g/mol. The number of carboxylic acids is 1. The Bertz CT molecular complexity index is 841. The molecule has 0 aromatic heterocycles. The molecule has 3 atom stereocenters. The first kappa shape index (κ1) is 26.4. The van der Waals surface area contributed by atoms with E-state index in [1.807, 2.05) is 0 Å². The Morgan fingerprint density at radius 1 is 1.00 bits per heavy atom. The van der Waals surface area contributed by atoms with E-state index in [-0.39, 0.29) is 18.1 Å². The van der Waals surface area contributed by atoms with E-state index in [9.17, 15) is 29.1 Å². The van der Waals surface area contributed by atoms with Crippen molar-refractivity contribution in [3.05, 3.63) is 29.8 Å². The number of aromatic hydroxyl groups is 1. The maximum absolute atomic E-state index is 12.4. The summed E-state index contributed by atoms with van der Waals surface area (Å²) >= 11 is 0. The summed E-state index contributed by atoms with van der Waals surface area (Å²) in [6.07, 6.45) is -0.430. The largest absolute Gasteiger partial charge is 0.508 e. The van der Waals surface area contributed by atoms with Gasteiger partial charge in [0.2, 0.25) is 23.6 Å². The van der Waals surface area contributed by atoms with Gasteiger partial charge in [0.05, 0.1) is 19.0 Å². The second kappa shape index (κ2) is 12.2. The van der Waals surface area contributed by atoms with Gasteiger partial charge in [0.25, 0.3) is 0 Å². The van der Waals surface area contributed by atoms with E-state index in [4.69, 9.17) is 16.6 Å². The van der Waals surface area contributed by atoms with Crippen LogP contribution in [0.1, 0.15) is 25.8 Å². The topological polar surface area (TPSA) is 214 Å². The maximum atomic E-state index is 12.4. The molecule has 0 bridgehead atoms. The molecule has 12 heteroatoms. The van der Waals surface area contributed by atoms with E-state index in [1.165, 1.54) is 12.1 Å². The summed E-state index contributed by atoms with van der Waals surface area (Å²) in [5, 5.41) is 25.2. The lowest BCUT2D eigenvalue weighted by Gasteiger charge is -2.21. The van der Waals surface area contributed by atoms with E-state index >= 15 is 0 Å². The lowest BCUT2D eigenvalue weighted by molar-refractivity contribution is -0.143. The van der Waals surface area contributed by atoms with Crippen molar-refractivity contribution in [1.82, 2.24) is 16.0 Å². The molecule has 1 rings (SSSR count). The van der Waals surface area contributed by atoms with Crippen LogP contribution in [0.25, 0.3) is 0 Å². The molecule has 0 saturated heterocycles. The SMILES string of the molecule is CC(C)C(NC(=O)CNC(=O)C(CC(N)=O)NC(=O)C(N)Cc1ccc(O)cc1)C(=O)O. The van der Waals surface area contributed by atoms with Crippen LogP contribution in [-0.4, -0.2) is 64.5 Å². The molecule has 0 aliphatic carbocycles. The normalized spacial score (nSPS) is 13.5. The van der Waals surface area contributed by atoms with E-state index in [2.05, 4.69) is 16.0 Å². The number of hydrogen-bond acceptors (Lipinski definition) is 7. The molecule has 4 amide bonds. The molecule has 3 unspecified atom stereocenters. The smallest absolute Gasteiger partial charge is 0.326 e. The van der Waals surface area contributed by atoms with Crippen LogP contribution in [0.15, 0.2) is 24.3 Å². The third-order valence-corrected chi connectivity index (χ3v) is 4.44. The van der Waals surface area contributed by atoms with Crippen LogP contribution in [-0.2, 0) is 30.4 Å². The molecule has 0 saturated carbocycles. The Labute approximate surface area is 184 Å². The van der Waals surface area contributed by atoms with Crippen molar-refractivity contribution in [2.75, 3.05) is 6.54 Å². The molecule has 1 aromatic rings. The fourth-order valence-corrected chi connectivity index (χ4v) is 2.70. The number of carbonyl (C=O) groups excluding carboxylic acids is 4. The van der Waals surface area contributed by atoms with Crippen LogP contribution in [0.2, 0.25) is 0 Å². The summed E-state index contributed by atoms with van der Waals surface area (Å²) in [7, 11) is 0. The van der Waals surface area contributed by atoms with E-state index in [0.717, 1.165) is 0 Å². The summed E-state index contributed by atoms with van der Waals surface area (Å²) in [6, 6.07) is 2.45. The predicted octanol–water partition coefficient (Wildman–Crippen LogP) is -2.04. The highest BCUT2D eigenvalue weighted by molar-refractivity contribution is 5.95. The lowest BCUT2D eigenvalue weighted by atomic mass is 10.0. The molecule has 0 heterocycles. The highest BCUT2D eigenvalue weighted by Crippen LogP contribution is 2.11. The number of hydrogen-bond donors (Lipinski definition) is 7. The van der Waals surface area contributed by atoms with Crippen LogP contribution in [0.4, 0.5) is 0 Å². The molecule has 32 heavy (non-hydrogen) atoms. The molecule has 0 aliphatic rings. The maximum Gasteiger partial charge on any atom is 0.326 e. The third-order valence-electron chi connectivity index (χ3n) is 4.44. The summed E-state index contributed by atoms with van der Waals surface area (Å²) < 4.78 is 0. The van der Waals surface area contributed by atoms with Crippen LogP contribution >= 0.6 is 0 Å². The van der Waals surface area contributed by atoms with Gasteiger partial charge in [0.1, 0.15) is 17.8 Å². The highest BCUT2D eigenvalue weighted by atomic mass is 16.4. The van der Waals surface area contributed by atoms with Crippen molar-refractivity contribution >= 4 is 29.6 Å². The monoisotopic (exact) mass is 451 g/mol. The Hall–Kier alpha value is -3.67. The molecule has 0 fully saturated rings. The number of nitrogens with one attached hydrogen (secondary N) is 3. The lowest BCUT2D eigenvalue weighted by Crippen LogP contribution is -2.55. The molecule has 0 spiro atoms. The fraction of sp³-hybridized carbons (Fsp3) is 0.450. The number of benzene rings is 1. The van der Waals surface area contributed by atoms with Gasteiger partial charge in [-0.1, -0.05) is 26.0 Å². The van der Waals surface area contributed by atoms with Crippen molar-refractivity contribution < 1.29 is 34.2 Å². The first-order chi connectivity index (χ1) is 14.9. The van der Waals surface area contributed by atoms with Crippen molar-refractivity contribution in [2.45, 2.75) is 44.8 Å². The molecule has 1 aromatic carbocycles. The van der Waals surface area contributed by atoms with Crippen molar-refractivity contribution in [1.29, 1.82) is 0 Å². The minimum atomic E-state index is -1.38. The van der Waals surface area contributed by atoms with Gasteiger partial charge in [-0.05, 0) is 30.0 Å². The van der Waals surface area contributed by atoms with Gasteiger partial charge in [0.15, 0.2) is 0 Å². The number of carboxylic acid groups (broad SMARTS) is 1. The molecule has 0 radical (unpaired) electrons. The van der Waals surface area contributed by atoms with Crippen molar-refractivity contribution in [2.24, 2.45) is 17.4 Å². The number of nitrogens with two attached hydrogens (primary N) is 2. The number of amides is 4. The van der Waals surface area contributed by atoms with Gasteiger partial charge in [-0.25, -0.2) is 4.79 Å². The van der Waals surface area contributed by atoms with Gasteiger partial charge < -0.3 is 37.6 Å². The predicted molar refractivity (Wildman–Crippen MR) is 113 cm³/mol.